The third-order valence-electron chi connectivity index (χ3n) is 3.05. The lowest BCUT2D eigenvalue weighted by Crippen LogP contribution is -2.23. The third kappa shape index (κ3) is 3.14. The average Bonchev–Trinajstić information content (AvgIpc) is 3.08. The van der Waals surface area contributed by atoms with Crippen molar-refractivity contribution in [1.29, 1.82) is 0 Å². The topological polar surface area (TPSA) is 59.8 Å². The Morgan fingerprint density at radius 2 is 1.90 bits per heavy atom. The lowest BCUT2D eigenvalue weighted by Gasteiger charge is -2.06. The Morgan fingerprint density at radius 3 is 2.57 bits per heavy atom. The van der Waals surface area contributed by atoms with E-state index in [1.54, 1.807) is 29.2 Å². The molecule has 0 aliphatic carbocycles. The van der Waals surface area contributed by atoms with Gasteiger partial charge in [-0.2, -0.15) is 5.10 Å². The molecule has 3 aromatic rings. The van der Waals surface area contributed by atoms with Gasteiger partial charge >= 0.3 is 0 Å². The number of amides is 1. The van der Waals surface area contributed by atoms with E-state index in [2.05, 4.69) is 15.4 Å². The monoisotopic (exact) mass is 278 g/mol. The zero-order valence-electron chi connectivity index (χ0n) is 11.3. The van der Waals surface area contributed by atoms with Gasteiger partial charge in [0.25, 0.3) is 5.91 Å². The Morgan fingerprint density at radius 1 is 1.05 bits per heavy atom. The molecular formula is C16H14N4O. The van der Waals surface area contributed by atoms with Crippen molar-refractivity contribution in [2.45, 2.75) is 6.54 Å². The fourth-order valence-electron chi connectivity index (χ4n) is 1.96. The van der Waals surface area contributed by atoms with Crippen molar-refractivity contribution in [3.05, 3.63) is 78.4 Å². The SMILES string of the molecule is O=C(NCc1ccccn1)c1ccc(-n2cccn2)cc1. The first-order chi connectivity index (χ1) is 10.3. The van der Waals surface area contributed by atoms with Gasteiger partial charge in [-0.15, -0.1) is 0 Å². The molecule has 0 radical (unpaired) electrons. The summed E-state index contributed by atoms with van der Waals surface area (Å²) in [5.74, 6) is -0.118. The van der Waals surface area contributed by atoms with Crippen LogP contribution in [0.15, 0.2) is 67.1 Å². The van der Waals surface area contributed by atoms with Gasteiger partial charge in [0.1, 0.15) is 0 Å². The molecule has 1 N–H and O–H groups in total. The summed E-state index contributed by atoms with van der Waals surface area (Å²) in [6, 6.07) is 14.8. The largest absolute Gasteiger partial charge is 0.346 e. The maximum atomic E-state index is 12.1. The fraction of sp³-hybridized carbons (Fsp3) is 0.0625. The van der Waals surface area contributed by atoms with E-state index in [4.69, 9.17) is 0 Å². The smallest absolute Gasteiger partial charge is 0.251 e. The van der Waals surface area contributed by atoms with Crippen molar-refractivity contribution in [1.82, 2.24) is 20.1 Å². The number of carbonyl (C=O) groups is 1. The highest BCUT2D eigenvalue weighted by molar-refractivity contribution is 5.94. The molecule has 1 aromatic carbocycles. The Balaban J connectivity index is 1.65. The summed E-state index contributed by atoms with van der Waals surface area (Å²) >= 11 is 0. The number of rotatable bonds is 4. The van der Waals surface area contributed by atoms with Gasteiger partial charge in [0.15, 0.2) is 0 Å². The molecule has 3 rings (SSSR count). The summed E-state index contributed by atoms with van der Waals surface area (Å²) in [4.78, 5) is 16.2. The molecule has 0 spiro atoms. The van der Waals surface area contributed by atoms with Crippen LogP contribution in [0.5, 0.6) is 0 Å². The van der Waals surface area contributed by atoms with Gasteiger partial charge in [0.05, 0.1) is 17.9 Å². The van der Waals surface area contributed by atoms with Crippen LogP contribution < -0.4 is 5.32 Å². The summed E-state index contributed by atoms with van der Waals surface area (Å²) in [7, 11) is 0. The number of nitrogens with zero attached hydrogens (tertiary/aromatic N) is 3. The predicted octanol–water partition coefficient (Wildman–Crippen LogP) is 2.20. The molecule has 5 nitrogen and oxygen atoms in total. The van der Waals surface area contributed by atoms with Crippen molar-refractivity contribution in [3.8, 4) is 5.69 Å². The Kier molecular flexibility index (Phi) is 3.73. The lowest BCUT2D eigenvalue weighted by molar-refractivity contribution is 0.0950. The van der Waals surface area contributed by atoms with Gasteiger partial charge in [-0.25, -0.2) is 4.68 Å². The third-order valence-corrected chi connectivity index (χ3v) is 3.05. The minimum absolute atomic E-state index is 0.118. The van der Waals surface area contributed by atoms with E-state index in [0.717, 1.165) is 11.4 Å². The average molecular weight is 278 g/mol. The van der Waals surface area contributed by atoms with Crippen molar-refractivity contribution in [2.24, 2.45) is 0 Å². The van der Waals surface area contributed by atoms with Crippen molar-refractivity contribution < 1.29 is 4.79 Å². The number of hydrogen-bond donors (Lipinski definition) is 1. The van der Waals surface area contributed by atoms with Crippen LogP contribution >= 0.6 is 0 Å². The molecule has 0 saturated carbocycles. The highest BCUT2D eigenvalue weighted by Gasteiger charge is 2.06. The Hall–Kier alpha value is -2.95. The van der Waals surface area contributed by atoms with Gasteiger partial charge in [-0.05, 0) is 42.5 Å². The summed E-state index contributed by atoms with van der Waals surface area (Å²) < 4.78 is 1.75. The number of carbonyl (C=O) groups excluding carboxylic acids is 1. The van der Waals surface area contributed by atoms with E-state index in [9.17, 15) is 4.79 Å². The molecule has 0 saturated heterocycles. The van der Waals surface area contributed by atoms with Gasteiger partial charge in [0, 0.05) is 24.2 Å². The Labute approximate surface area is 122 Å². The molecule has 0 fully saturated rings. The van der Waals surface area contributed by atoms with Crippen LogP contribution in [0.2, 0.25) is 0 Å². The molecule has 0 bridgehead atoms. The highest BCUT2D eigenvalue weighted by atomic mass is 16.1. The maximum Gasteiger partial charge on any atom is 0.251 e. The second kappa shape index (κ2) is 6.00. The minimum Gasteiger partial charge on any atom is -0.346 e. The van der Waals surface area contributed by atoms with E-state index in [-0.39, 0.29) is 5.91 Å². The molecule has 0 aliphatic rings. The van der Waals surface area contributed by atoms with Crippen molar-refractivity contribution >= 4 is 5.91 Å². The lowest BCUT2D eigenvalue weighted by atomic mass is 10.2. The molecule has 2 heterocycles. The highest BCUT2D eigenvalue weighted by Crippen LogP contribution is 2.08. The zero-order valence-corrected chi connectivity index (χ0v) is 11.3. The molecular weight excluding hydrogens is 264 g/mol. The summed E-state index contributed by atoms with van der Waals surface area (Å²) in [6.45, 7) is 0.417. The van der Waals surface area contributed by atoms with E-state index in [1.807, 2.05) is 42.6 Å². The van der Waals surface area contributed by atoms with E-state index < -0.39 is 0 Å². The van der Waals surface area contributed by atoms with Crippen LogP contribution in [0.25, 0.3) is 5.69 Å². The van der Waals surface area contributed by atoms with Gasteiger partial charge < -0.3 is 5.32 Å². The van der Waals surface area contributed by atoms with Crippen LogP contribution in [-0.2, 0) is 6.54 Å². The van der Waals surface area contributed by atoms with E-state index in [1.165, 1.54) is 0 Å². The fourth-order valence-corrected chi connectivity index (χ4v) is 1.96. The first kappa shape index (κ1) is 13.1. The van der Waals surface area contributed by atoms with Crippen LogP contribution in [0.4, 0.5) is 0 Å². The molecule has 0 unspecified atom stereocenters. The Bertz CT molecular complexity index is 706. The second-order valence-electron chi connectivity index (χ2n) is 4.50. The van der Waals surface area contributed by atoms with E-state index in [0.29, 0.717) is 12.1 Å². The number of benzene rings is 1. The number of nitrogens with one attached hydrogen (secondary N) is 1. The van der Waals surface area contributed by atoms with Gasteiger partial charge in [-0.1, -0.05) is 6.07 Å². The standard InChI is InChI=1S/C16H14N4O/c21-16(18-12-14-4-1-2-9-17-14)13-5-7-15(8-6-13)20-11-3-10-19-20/h1-11H,12H2,(H,18,21). The summed E-state index contributed by atoms with van der Waals surface area (Å²) in [5.41, 5.74) is 2.36. The normalized spacial score (nSPS) is 10.3. The summed E-state index contributed by atoms with van der Waals surface area (Å²) in [5, 5.41) is 6.99. The molecule has 21 heavy (non-hydrogen) atoms. The van der Waals surface area contributed by atoms with Crippen molar-refractivity contribution in [2.75, 3.05) is 0 Å². The molecule has 1 amide bonds. The summed E-state index contributed by atoms with van der Waals surface area (Å²) in [6.07, 6.45) is 5.28. The maximum absolute atomic E-state index is 12.1. The minimum atomic E-state index is -0.118. The van der Waals surface area contributed by atoms with Gasteiger partial charge in [0.2, 0.25) is 0 Å². The first-order valence-electron chi connectivity index (χ1n) is 6.61. The molecule has 2 aromatic heterocycles. The number of hydrogen-bond acceptors (Lipinski definition) is 3. The molecule has 104 valence electrons. The van der Waals surface area contributed by atoms with Crippen LogP contribution in [0, 0.1) is 0 Å². The molecule has 0 atom stereocenters. The van der Waals surface area contributed by atoms with E-state index >= 15 is 0 Å². The van der Waals surface area contributed by atoms with Crippen LogP contribution in [-0.4, -0.2) is 20.7 Å². The number of pyridine rings is 1. The second-order valence-corrected chi connectivity index (χ2v) is 4.50. The molecule has 0 aliphatic heterocycles. The predicted molar refractivity (Wildman–Crippen MR) is 79.0 cm³/mol. The van der Waals surface area contributed by atoms with Crippen LogP contribution in [0.1, 0.15) is 16.1 Å². The zero-order chi connectivity index (χ0) is 14.5. The number of aromatic nitrogens is 3. The van der Waals surface area contributed by atoms with Crippen molar-refractivity contribution in [3.63, 3.8) is 0 Å². The molecule has 5 heteroatoms. The van der Waals surface area contributed by atoms with Crippen LogP contribution in [0.3, 0.4) is 0 Å². The van der Waals surface area contributed by atoms with Gasteiger partial charge in [-0.3, -0.25) is 9.78 Å². The first-order valence-corrected chi connectivity index (χ1v) is 6.61. The quantitative estimate of drug-likeness (QED) is 0.796.